The van der Waals surface area contributed by atoms with Crippen LogP contribution < -0.4 is 10.2 Å². The lowest BCUT2D eigenvalue weighted by atomic mass is 10.1. The minimum Gasteiger partial charge on any atom is -0.444 e. The van der Waals surface area contributed by atoms with Gasteiger partial charge in [-0.2, -0.15) is 5.10 Å². The van der Waals surface area contributed by atoms with Crippen LogP contribution in [-0.2, 0) is 9.47 Å². The molecule has 0 saturated carbocycles. The van der Waals surface area contributed by atoms with Crippen molar-refractivity contribution in [2.45, 2.75) is 39.3 Å². The molecule has 210 valence electrons. The summed E-state index contributed by atoms with van der Waals surface area (Å²) in [7, 11) is 0. The Kier molecular flexibility index (Phi) is 6.37. The van der Waals surface area contributed by atoms with Crippen molar-refractivity contribution < 1.29 is 23.5 Å². The number of nitrogens with zero attached hydrogens (tertiary/aromatic N) is 6. The van der Waals surface area contributed by atoms with E-state index in [-0.39, 0.29) is 17.8 Å². The molecule has 2 fully saturated rings. The maximum atomic E-state index is 14.6. The monoisotopic (exact) mass is 549 g/mol. The fraction of sp³-hybridized carbons (Fsp3) is 0.429. The third-order valence-electron chi connectivity index (χ3n) is 7.07. The molecule has 11 nitrogen and oxygen atoms in total. The number of piperazine rings is 1. The van der Waals surface area contributed by atoms with Gasteiger partial charge in [0.05, 0.1) is 36.2 Å². The van der Waals surface area contributed by atoms with Crippen molar-refractivity contribution in [3.05, 3.63) is 53.9 Å². The lowest BCUT2D eigenvalue weighted by Crippen LogP contribution is -2.50. The summed E-state index contributed by atoms with van der Waals surface area (Å²) in [5, 5.41) is 8.43. The van der Waals surface area contributed by atoms with Crippen LogP contribution in [0.3, 0.4) is 0 Å². The number of pyridine rings is 1. The van der Waals surface area contributed by atoms with Crippen molar-refractivity contribution in [1.29, 1.82) is 0 Å². The number of nitrogens with one attached hydrogen (secondary N) is 1. The van der Waals surface area contributed by atoms with Crippen LogP contribution in [0.15, 0.2) is 36.8 Å². The standard InChI is InChI=1S/C28H32FN7O4/c1-17-12-35-13-18(11-22(29)25(35)30-17)31-26(37)20-5-6-23(21-14-36(32-24(20)21)19-15-39-16-19)33-7-9-34(10-8-33)27(38)40-28(2,3)4/h5-6,11-14,19H,7-10,15-16H2,1-4H3,(H,31,37). The van der Waals surface area contributed by atoms with E-state index in [9.17, 15) is 14.0 Å². The number of rotatable bonds is 4. The summed E-state index contributed by atoms with van der Waals surface area (Å²) in [6.45, 7) is 10.7. The third kappa shape index (κ3) is 4.94. The minimum absolute atomic E-state index is 0.0983. The first kappa shape index (κ1) is 26.1. The van der Waals surface area contributed by atoms with Gasteiger partial charge in [0.15, 0.2) is 11.5 Å². The topological polar surface area (TPSA) is 106 Å². The molecule has 1 aromatic carbocycles. The molecule has 1 N–H and O–H groups in total. The van der Waals surface area contributed by atoms with E-state index in [4.69, 9.17) is 14.6 Å². The highest BCUT2D eigenvalue weighted by Gasteiger charge is 2.29. The molecule has 3 aromatic heterocycles. The van der Waals surface area contributed by atoms with E-state index in [2.05, 4.69) is 15.2 Å². The average molecular weight is 550 g/mol. The lowest BCUT2D eigenvalue weighted by Gasteiger charge is -2.37. The van der Waals surface area contributed by atoms with Crippen LogP contribution >= 0.6 is 0 Å². The van der Waals surface area contributed by atoms with Crippen LogP contribution in [0.2, 0.25) is 0 Å². The zero-order valence-electron chi connectivity index (χ0n) is 23.0. The van der Waals surface area contributed by atoms with Crippen molar-refractivity contribution in [3.8, 4) is 0 Å². The molecule has 0 unspecified atom stereocenters. The fourth-order valence-electron chi connectivity index (χ4n) is 5.03. The van der Waals surface area contributed by atoms with Crippen molar-refractivity contribution >= 4 is 39.9 Å². The van der Waals surface area contributed by atoms with Gasteiger partial charge in [-0.1, -0.05) is 0 Å². The van der Waals surface area contributed by atoms with E-state index in [1.54, 1.807) is 34.7 Å². The molecule has 2 saturated heterocycles. The van der Waals surface area contributed by atoms with Crippen LogP contribution in [0, 0.1) is 12.7 Å². The number of amides is 2. The molecule has 2 aliphatic rings. The summed E-state index contributed by atoms with van der Waals surface area (Å²) in [4.78, 5) is 34.1. The first-order valence-corrected chi connectivity index (χ1v) is 13.3. The molecular formula is C28H32FN7O4. The first-order valence-electron chi connectivity index (χ1n) is 13.3. The van der Waals surface area contributed by atoms with Gasteiger partial charge in [-0.3, -0.25) is 9.48 Å². The predicted molar refractivity (Wildman–Crippen MR) is 147 cm³/mol. The maximum absolute atomic E-state index is 14.6. The van der Waals surface area contributed by atoms with E-state index in [1.807, 2.05) is 37.7 Å². The molecule has 40 heavy (non-hydrogen) atoms. The Bertz CT molecular complexity index is 1610. The fourth-order valence-corrected chi connectivity index (χ4v) is 5.03. The number of anilines is 2. The summed E-state index contributed by atoms with van der Waals surface area (Å²) in [6.07, 6.45) is 4.97. The molecule has 0 radical (unpaired) electrons. The number of carbonyl (C=O) groups excluding carboxylic acids is 2. The Hall–Kier alpha value is -4.19. The molecule has 0 atom stereocenters. The second kappa shape index (κ2) is 9.77. The Morgan fingerprint density at radius 1 is 1.10 bits per heavy atom. The Morgan fingerprint density at radius 2 is 1.85 bits per heavy atom. The molecule has 4 aromatic rings. The van der Waals surface area contributed by atoms with Gasteiger partial charge in [-0.05, 0) is 39.8 Å². The Labute approximate surface area is 230 Å². The summed E-state index contributed by atoms with van der Waals surface area (Å²) in [6, 6.07) is 5.02. The summed E-state index contributed by atoms with van der Waals surface area (Å²) in [5.41, 5.74) is 2.51. The van der Waals surface area contributed by atoms with Crippen molar-refractivity contribution in [3.63, 3.8) is 0 Å². The number of ether oxygens (including phenoxy) is 2. The van der Waals surface area contributed by atoms with Crippen LogP contribution in [0.4, 0.5) is 20.6 Å². The minimum atomic E-state index is -0.550. The van der Waals surface area contributed by atoms with E-state index < -0.39 is 17.3 Å². The number of halogens is 1. The largest absolute Gasteiger partial charge is 0.444 e. The number of hydrogen-bond donors (Lipinski definition) is 1. The maximum Gasteiger partial charge on any atom is 0.410 e. The van der Waals surface area contributed by atoms with Crippen LogP contribution in [0.5, 0.6) is 0 Å². The van der Waals surface area contributed by atoms with Gasteiger partial charge in [0, 0.05) is 61.9 Å². The molecule has 12 heteroatoms. The highest BCUT2D eigenvalue weighted by molar-refractivity contribution is 6.14. The molecule has 0 bridgehead atoms. The predicted octanol–water partition coefficient (Wildman–Crippen LogP) is 4.01. The molecule has 2 aliphatic heterocycles. The van der Waals surface area contributed by atoms with Gasteiger partial charge in [0.25, 0.3) is 5.91 Å². The number of aryl methyl sites for hydroxylation is 1. The molecule has 6 rings (SSSR count). The number of aromatic nitrogens is 4. The molecule has 5 heterocycles. The van der Waals surface area contributed by atoms with Gasteiger partial charge in [-0.15, -0.1) is 0 Å². The summed E-state index contributed by atoms with van der Waals surface area (Å²) >= 11 is 0. The van der Waals surface area contributed by atoms with E-state index in [0.717, 1.165) is 11.1 Å². The Balaban J connectivity index is 1.28. The molecule has 0 aliphatic carbocycles. The van der Waals surface area contributed by atoms with Crippen molar-refractivity contribution in [1.82, 2.24) is 24.1 Å². The smallest absolute Gasteiger partial charge is 0.410 e. The van der Waals surface area contributed by atoms with Gasteiger partial charge >= 0.3 is 6.09 Å². The number of benzene rings is 1. The number of carbonyl (C=O) groups is 2. The lowest BCUT2D eigenvalue weighted by molar-refractivity contribution is -0.0283. The number of hydrogen-bond acceptors (Lipinski definition) is 7. The zero-order chi connectivity index (χ0) is 28.2. The van der Waals surface area contributed by atoms with Gasteiger partial charge in [-0.25, -0.2) is 14.2 Å². The second-order valence-electron chi connectivity index (χ2n) is 11.3. The third-order valence-corrected chi connectivity index (χ3v) is 7.07. The van der Waals surface area contributed by atoms with Crippen molar-refractivity contribution in [2.24, 2.45) is 0 Å². The second-order valence-corrected chi connectivity index (χ2v) is 11.3. The van der Waals surface area contributed by atoms with Gasteiger partial charge < -0.3 is 29.0 Å². The SMILES string of the molecule is Cc1cn2cc(NC(=O)c3ccc(N4CCN(C(=O)OC(C)(C)C)CC4)c4cn(C5COC5)nc34)cc(F)c2n1. The normalized spacial score (nSPS) is 16.4. The van der Waals surface area contributed by atoms with E-state index in [1.165, 1.54) is 6.07 Å². The Morgan fingerprint density at radius 3 is 2.52 bits per heavy atom. The first-order chi connectivity index (χ1) is 19.1. The van der Waals surface area contributed by atoms with Gasteiger partial charge in [0.2, 0.25) is 0 Å². The zero-order valence-corrected chi connectivity index (χ0v) is 23.0. The molecule has 2 amide bonds. The number of imidazole rings is 1. The van der Waals surface area contributed by atoms with Crippen LogP contribution in [0.1, 0.15) is 42.9 Å². The summed E-state index contributed by atoms with van der Waals surface area (Å²) < 4.78 is 28.9. The van der Waals surface area contributed by atoms with E-state index in [0.29, 0.717) is 61.9 Å². The number of fused-ring (bicyclic) bond motifs is 2. The highest BCUT2D eigenvalue weighted by Crippen LogP contribution is 2.32. The quantitative estimate of drug-likeness (QED) is 0.410. The van der Waals surface area contributed by atoms with Crippen LogP contribution in [0.25, 0.3) is 16.6 Å². The van der Waals surface area contributed by atoms with E-state index >= 15 is 0 Å². The molecule has 0 spiro atoms. The molecular weight excluding hydrogens is 517 g/mol. The van der Waals surface area contributed by atoms with Crippen LogP contribution in [-0.4, -0.2) is 81.1 Å². The van der Waals surface area contributed by atoms with Crippen molar-refractivity contribution in [2.75, 3.05) is 49.6 Å². The average Bonchev–Trinajstić information content (AvgIpc) is 3.45. The van der Waals surface area contributed by atoms with Gasteiger partial charge in [0.1, 0.15) is 11.1 Å². The highest BCUT2D eigenvalue weighted by atomic mass is 19.1. The summed E-state index contributed by atoms with van der Waals surface area (Å²) in [5.74, 6) is -0.914.